The Balaban J connectivity index is 1.91. The van der Waals surface area contributed by atoms with E-state index < -0.39 is 0 Å². The number of para-hydroxylation sites is 4. The highest BCUT2D eigenvalue weighted by Crippen LogP contribution is 2.31. The van der Waals surface area contributed by atoms with E-state index in [1.165, 1.54) is 0 Å². The Morgan fingerprint density at radius 2 is 1.76 bits per heavy atom. The molecule has 0 unspecified atom stereocenters. The van der Waals surface area contributed by atoms with Gasteiger partial charge in [-0.05, 0) is 30.3 Å². The molecule has 3 N–H and O–H groups in total. The van der Waals surface area contributed by atoms with E-state index in [4.69, 9.17) is 5.73 Å². The molecule has 0 saturated carbocycles. The number of nitrogen functional groups attached to an aromatic ring is 1. The van der Waals surface area contributed by atoms with E-state index in [1.54, 1.807) is 6.07 Å². The lowest BCUT2D eigenvalue weighted by Gasteiger charge is -2.08. The highest BCUT2D eigenvalue weighted by molar-refractivity contribution is 5.89. The maximum atomic E-state index is 9.59. The molecule has 2 aromatic carbocycles. The third kappa shape index (κ3) is 1.83. The smallest absolute Gasteiger partial charge is 0.157 e. The molecule has 0 aliphatic heterocycles. The number of hydrogen-bond donors (Lipinski definition) is 2. The molecule has 0 spiro atoms. The van der Waals surface area contributed by atoms with Crippen molar-refractivity contribution in [2.24, 2.45) is 0 Å². The molecular formula is C19H12N6. The average Bonchev–Trinajstić information content (AvgIpc) is 3.23. The number of aromatic nitrogens is 4. The van der Waals surface area contributed by atoms with Gasteiger partial charge < -0.3 is 10.7 Å². The molecule has 3 aromatic heterocycles. The van der Waals surface area contributed by atoms with E-state index in [0.29, 0.717) is 28.4 Å². The number of pyridine rings is 1. The molecule has 0 amide bonds. The minimum absolute atomic E-state index is 0.459. The zero-order chi connectivity index (χ0) is 17.0. The number of benzene rings is 2. The Bertz CT molecular complexity index is 1290. The Hall–Kier alpha value is -3.85. The Kier molecular flexibility index (Phi) is 2.62. The monoisotopic (exact) mass is 324 g/mol. The molecule has 0 saturated heterocycles. The molecule has 5 aromatic rings. The highest BCUT2D eigenvalue weighted by Gasteiger charge is 2.17. The Labute approximate surface area is 142 Å². The maximum Gasteiger partial charge on any atom is 0.157 e. The lowest BCUT2D eigenvalue weighted by Crippen LogP contribution is -2.02. The average molecular weight is 324 g/mol. The van der Waals surface area contributed by atoms with Crippen LogP contribution in [0.15, 0.2) is 54.6 Å². The van der Waals surface area contributed by atoms with E-state index in [0.717, 1.165) is 22.1 Å². The first-order valence-corrected chi connectivity index (χ1v) is 7.81. The van der Waals surface area contributed by atoms with Crippen LogP contribution in [0.25, 0.3) is 39.1 Å². The second kappa shape index (κ2) is 4.82. The molecule has 0 aliphatic carbocycles. The van der Waals surface area contributed by atoms with Gasteiger partial charge in [-0.25, -0.2) is 9.97 Å². The van der Waals surface area contributed by atoms with Gasteiger partial charge in [0.05, 0.1) is 33.2 Å². The number of anilines is 1. The number of H-pyrrole nitrogens is 1. The van der Waals surface area contributed by atoms with Crippen LogP contribution in [0.5, 0.6) is 0 Å². The summed E-state index contributed by atoms with van der Waals surface area (Å²) in [4.78, 5) is 12.4. The van der Waals surface area contributed by atoms with E-state index in [2.05, 4.69) is 21.0 Å². The second-order valence-electron chi connectivity index (χ2n) is 5.83. The number of nitrogens with two attached hydrogens (primary N) is 1. The van der Waals surface area contributed by atoms with E-state index >= 15 is 0 Å². The summed E-state index contributed by atoms with van der Waals surface area (Å²) in [6.45, 7) is 0. The lowest BCUT2D eigenvalue weighted by atomic mass is 10.1. The third-order valence-electron chi connectivity index (χ3n) is 4.37. The summed E-state index contributed by atoms with van der Waals surface area (Å²) < 4.78 is 1.82. The van der Waals surface area contributed by atoms with Crippen LogP contribution in [0.4, 0.5) is 5.82 Å². The number of nitriles is 1. The van der Waals surface area contributed by atoms with Crippen molar-refractivity contribution in [3.63, 3.8) is 0 Å². The molecule has 3 heterocycles. The summed E-state index contributed by atoms with van der Waals surface area (Å²) in [6.07, 6.45) is 0. The predicted molar refractivity (Wildman–Crippen MR) is 96.9 cm³/mol. The van der Waals surface area contributed by atoms with Crippen LogP contribution in [0.2, 0.25) is 0 Å². The van der Waals surface area contributed by atoms with Gasteiger partial charge in [-0.15, -0.1) is 0 Å². The molecule has 0 fully saturated rings. The van der Waals surface area contributed by atoms with Gasteiger partial charge in [-0.3, -0.25) is 4.40 Å². The van der Waals surface area contributed by atoms with Gasteiger partial charge in [0.25, 0.3) is 0 Å². The van der Waals surface area contributed by atoms with Crippen molar-refractivity contribution in [2.45, 2.75) is 0 Å². The van der Waals surface area contributed by atoms with Crippen LogP contribution >= 0.6 is 0 Å². The first-order valence-electron chi connectivity index (χ1n) is 7.81. The van der Waals surface area contributed by atoms with Crippen molar-refractivity contribution < 1.29 is 0 Å². The summed E-state index contributed by atoms with van der Waals surface area (Å²) in [5, 5.41) is 9.59. The number of aromatic amines is 1. The molecule has 25 heavy (non-hydrogen) atoms. The zero-order valence-electron chi connectivity index (χ0n) is 13.1. The topological polar surface area (TPSA) is 95.8 Å². The summed E-state index contributed by atoms with van der Waals surface area (Å²) in [5.41, 5.74) is 11.6. The van der Waals surface area contributed by atoms with Crippen molar-refractivity contribution in [3.8, 4) is 17.5 Å². The molecule has 0 bridgehead atoms. The van der Waals surface area contributed by atoms with Crippen LogP contribution in [0, 0.1) is 11.3 Å². The van der Waals surface area contributed by atoms with E-state index in [1.807, 2.05) is 52.9 Å². The molecule has 0 aliphatic rings. The zero-order valence-corrected chi connectivity index (χ0v) is 13.1. The number of nitrogens with one attached hydrogen (secondary N) is 1. The van der Waals surface area contributed by atoms with E-state index in [-0.39, 0.29) is 0 Å². The molecule has 118 valence electrons. The van der Waals surface area contributed by atoms with Gasteiger partial charge in [-0.1, -0.05) is 24.3 Å². The highest BCUT2D eigenvalue weighted by atomic mass is 15.1. The fraction of sp³-hybridized carbons (Fsp3) is 0. The SMILES string of the molecule is N#Cc1cc(-c2nc3ccccc3[nH]2)c(N)n2c1nc1ccccc12. The minimum Gasteiger partial charge on any atom is -0.384 e. The number of rotatable bonds is 1. The Morgan fingerprint density at radius 3 is 2.56 bits per heavy atom. The van der Waals surface area contributed by atoms with Crippen molar-refractivity contribution in [1.82, 2.24) is 19.4 Å². The van der Waals surface area contributed by atoms with Gasteiger partial charge in [-0.2, -0.15) is 5.26 Å². The minimum atomic E-state index is 0.459. The van der Waals surface area contributed by atoms with Crippen LogP contribution < -0.4 is 5.73 Å². The number of imidazole rings is 2. The normalized spacial score (nSPS) is 11.3. The molecule has 0 radical (unpaired) electrons. The number of nitrogens with zero attached hydrogens (tertiary/aromatic N) is 4. The van der Waals surface area contributed by atoms with Gasteiger partial charge >= 0.3 is 0 Å². The van der Waals surface area contributed by atoms with Crippen molar-refractivity contribution in [3.05, 3.63) is 60.2 Å². The number of hydrogen-bond acceptors (Lipinski definition) is 4. The summed E-state index contributed by atoms with van der Waals surface area (Å²) in [6, 6.07) is 19.4. The number of fused-ring (bicyclic) bond motifs is 4. The first kappa shape index (κ1) is 13.6. The van der Waals surface area contributed by atoms with Gasteiger partial charge in [0.15, 0.2) is 5.65 Å². The van der Waals surface area contributed by atoms with Crippen LogP contribution in [-0.2, 0) is 0 Å². The maximum absolute atomic E-state index is 9.59. The fourth-order valence-electron chi connectivity index (χ4n) is 3.21. The lowest BCUT2D eigenvalue weighted by molar-refractivity contribution is 1.21. The van der Waals surface area contributed by atoms with Gasteiger partial charge in [0.2, 0.25) is 0 Å². The van der Waals surface area contributed by atoms with Crippen LogP contribution in [0.1, 0.15) is 5.56 Å². The van der Waals surface area contributed by atoms with Gasteiger partial charge in [0.1, 0.15) is 17.7 Å². The summed E-state index contributed by atoms with van der Waals surface area (Å²) in [5.74, 6) is 1.14. The Morgan fingerprint density at radius 1 is 1.00 bits per heavy atom. The molecular weight excluding hydrogens is 312 g/mol. The van der Waals surface area contributed by atoms with Crippen molar-refractivity contribution >= 4 is 33.5 Å². The molecule has 6 heteroatoms. The standard InChI is InChI=1S/C19H12N6/c20-10-11-9-12(18-22-13-5-1-2-6-14(13)23-18)17(21)25-16-8-4-3-7-15(16)24-19(11)25/h1-9H,21H2,(H,22,23). The van der Waals surface area contributed by atoms with E-state index in [9.17, 15) is 5.26 Å². The fourth-order valence-corrected chi connectivity index (χ4v) is 3.21. The van der Waals surface area contributed by atoms with Crippen LogP contribution in [0.3, 0.4) is 0 Å². The first-order chi connectivity index (χ1) is 12.3. The molecule has 6 nitrogen and oxygen atoms in total. The van der Waals surface area contributed by atoms with Crippen molar-refractivity contribution in [2.75, 3.05) is 5.73 Å². The second-order valence-corrected chi connectivity index (χ2v) is 5.83. The van der Waals surface area contributed by atoms with Crippen LogP contribution in [-0.4, -0.2) is 19.4 Å². The largest absolute Gasteiger partial charge is 0.384 e. The quantitative estimate of drug-likeness (QED) is 0.493. The molecule has 0 atom stereocenters. The summed E-state index contributed by atoms with van der Waals surface area (Å²) >= 11 is 0. The third-order valence-corrected chi connectivity index (χ3v) is 4.37. The molecule has 5 rings (SSSR count). The van der Waals surface area contributed by atoms with Crippen molar-refractivity contribution in [1.29, 1.82) is 5.26 Å². The predicted octanol–water partition coefficient (Wildman–Crippen LogP) is 3.48. The van der Waals surface area contributed by atoms with Gasteiger partial charge in [0, 0.05) is 0 Å². The summed E-state index contributed by atoms with van der Waals surface area (Å²) in [7, 11) is 0.